The van der Waals surface area contributed by atoms with Crippen LogP contribution in [0.5, 0.6) is 0 Å². The number of carbonyl (C=O) groups excluding carboxylic acids is 1. The van der Waals surface area contributed by atoms with Gasteiger partial charge in [0.1, 0.15) is 0 Å². The minimum Gasteiger partial charge on any atom is -0.411 e. The molecule has 0 aromatic heterocycles. The van der Waals surface area contributed by atoms with Crippen LogP contribution in [0.1, 0.15) is 23.2 Å². The smallest absolute Gasteiger partial charge is 0.255 e. The molecule has 0 atom stereocenters. The Bertz CT molecular complexity index is 495. The summed E-state index contributed by atoms with van der Waals surface area (Å²) in [6.07, 6.45) is 1.29. The van der Waals surface area contributed by atoms with Crippen molar-refractivity contribution in [1.82, 2.24) is 4.90 Å². The first kappa shape index (κ1) is 13.8. The lowest BCUT2D eigenvalue weighted by molar-refractivity contribution is 0.0752. The molecule has 1 heterocycles. The van der Waals surface area contributed by atoms with E-state index < -0.39 is 0 Å². The molecule has 1 amide bonds. The number of piperidine rings is 1. The van der Waals surface area contributed by atoms with Gasteiger partial charge in [0.15, 0.2) is 0 Å². The van der Waals surface area contributed by atoms with Crippen LogP contribution in [0, 0.1) is 3.57 Å². The largest absolute Gasteiger partial charge is 0.411 e. The Kier molecular flexibility index (Phi) is 4.60. The zero-order valence-corrected chi connectivity index (χ0v) is 13.3. The predicted octanol–water partition coefficient (Wildman–Crippen LogP) is 3.12. The van der Waals surface area contributed by atoms with E-state index in [1.165, 1.54) is 0 Å². The molecule has 1 aliphatic heterocycles. The SMILES string of the molecule is O=C(c1cc(I)ccc1Br)N1CCC(=NO)CC1. The van der Waals surface area contributed by atoms with Gasteiger partial charge in [0.2, 0.25) is 0 Å². The van der Waals surface area contributed by atoms with Crippen molar-refractivity contribution in [2.24, 2.45) is 5.16 Å². The maximum absolute atomic E-state index is 12.4. The number of hydrogen-bond donors (Lipinski definition) is 1. The quantitative estimate of drug-likeness (QED) is 0.429. The molecule has 1 saturated heterocycles. The normalized spacial score (nSPS) is 15.7. The van der Waals surface area contributed by atoms with Crippen LogP contribution in [-0.4, -0.2) is 34.8 Å². The molecule has 1 aromatic carbocycles. The van der Waals surface area contributed by atoms with Gasteiger partial charge >= 0.3 is 0 Å². The summed E-state index contributed by atoms with van der Waals surface area (Å²) in [5, 5.41) is 11.9. The Morgan fingerprint density at radius 1 is 1.39 bits per heavy atom. The molecule has 4 nitrogen and oxygen atoms in total. The summed E-state index contributed by atoms with van der Waals surface area (Å²) in [6, 6.07) is 5.72. The second kappa shape index (κ2) is 6.01. The third-order valence-electron chi connectivity index (χ3n) is 2.93. The lowest BCUT2D eigenvalue weighted by atomic mass is 10.1. The molecule has 0 radical (unpaired) electrons. The van der Waals surface area contributed by atoms with Crippen molar-refractivity contribution in [2.75, 3.05) is 13.1 Å². The van der Waals surface area contributed by atoms with Crippen LogP contribution in [0.3, 0.4) is 0 Å². The molecule has 2 rings (SSSR count). The molecule has 1 N–H and O–H groups in total. The van der Waals surface area contributed by atoms with Crippen LogP contribution in [0.15, 0.2) is 27.8 Å². The van der Waals surface area contributed by atoms with E-state index in [4.69, 9.17) is 5.21 Å². The third-order valence-corrected chi connectivity index (χ3v) is 4.29. The fourth-order valence-corrected chi connectivity index (χ4v) is 2.81. The van der Waals surface area contributed by atoms with Gasteiger partial charge in [-0.05, 0) is 56.7 Å². The highest BCUT2D eigenvalue weighted by Gasteiger charge is 2.22. The number of amides is 1. The van der Waals surface area contributed by atoms with E-state index in [0.29, 0.717) is 31.5 Å². The van der Waals surface area contributed by atoms with Crippen molar-refractivity contribution in [3.05, 3.63) is 31.8 Å². The van der Waals surface area contributed by atoms with E-state index in [2.05, 4.69) is 43.7 Å². The number of benzene rings is 1. The van der Waals surface area contributed by atoms with Crippen molar-refractivity contribution in [3.63, 3.8) is 0 Å². The van der Waals surface area contributed by atoms with Gasteiger partial charge < -0.3 is 10.1 Å². The molecule has 1 aliphatic rings. The van der Waals surface area contributed by atoms with E-state index in [-0.39, 0.29) is 5.91 Å². The summed E-state index contributed by atoms with van der Waals surface area (Å²) >= 11 is 5.60. The van der Waals surface area contributed by atoms with Gasteiger partial charge in [0.05, 0.1) is 11.3 Å². The Morgan fingerprint density at radius 2 is 2.06 bits per heavy atom. The van der Waals surface area contributed by atoms with Gasteiger partial charge in [-0.3, -0.25) is 4.79 Å². The average molecular weight is 423 g/mol. The standard InChI is InChI=1S/C12H12BrIN2O2/c13-11-2-1-8(14)7-10(11)12(17)16-5-3-9(15-18)4-6-16/h1-2,7,18H,3-6H2. The van der Waals surface area contributed by atoms with Crippen molar-refractivity contribution in [2.45, 2.75) is 12.8 Å². The monoisotopic (exact) mass is 422 g/mol. The van der Waals surface area contributed by atoms with Crippen molar-refractivity contribution >= 4 is 50.1 Å². The first-order valence-corrected chi connectivity index (χ1v) is 7.43. The number of oxime groups is 1. The van der Waals surface area contributed by atoms with Crippen LogP contribution in [0.25, 0.3) is 0 Å². The molecule has 6 heteroatoms. The molecule has 1 fully saturated rings. The summed E-state index contributed by atoms with van der Waals surface area (Å²) in [5.74, 6) is 0.0254. The number of rotatable bonds is 1. The Labute approximate surface area is 127 Å². The lowest BCUT2D eigenvalue weighted by Crippen LogP contribution is -2.38. The number of carbonyl (C=O) groups is 1. The zero-order valence-electron chi connectivity index (χ0n) is 9.57. The highest BCUT2D eigenvalue weighted by atomic mass is 127. The minimum atomic E-state index is 0.0254. The molecule has 18 heavy (non-hydrogen) atoms. The average Bonchev–Trinajstić information content (AvgIpc) is 2.41. The van der Waals surface area contributed by atoms with Gasteiger partial charge in [-0.15, -0.1) is 0 Å². The van der Waals surface area contributed by atoms with E-state index in [1.54, 1.807) is 4.90 Å². The van der Waals surface area contributed by atoms with Gasteiger partial charge in [-0.1, -0.05) is 5.16 Å². The highest BCUT2D eigenvalue weighted by Crippen LogP contribution is 2.22. The zero-order chi connectivity index (χ0) is 13.1. The molecular weight excluding hydrogens is 411 g/mol. The number of halogens is 2. The maximum atomic E-state index is 12.4. The van der Waals surface area contributed by atoms with Crippen LogP contribution in [0.4, 0.5) is 0 Å². The second-order valence-corrected chi connectivity index (χ2v) is 6.18. The molecule has 96 valence electrons. The number of nitrogens with zero attached hydrogens (tertiary/aromatic N) is 2. The van der Waals surface area contributed by atoms with Crippen molar-refractivity contribution in [1.29, 1.82) is 0 Å². The summed E-state index contributed by atoms with van der Waals surface area (Å²) in [4.78, 5) is 14.2. The van der Waals surface area contributed by atoms with Crippen LogP contribution < -0.4 is 0 Å². The first-order valence-electron chi connectivity index (χ1n) is 5.56. The molecule has 1 aromatic rings. The Hall–Kier alpha value is -0.630. The molecule has 0 bridgehead atoms. The van der Waals surface area contributed by atoms with E-state index in [0.717, 1.165) is 13.8 Å². The molecule has 0 aliphatic carbocycles. The van der Waals surface area contributed by atoms with Crippen LogP contribution in [-0.2, 0) is 0 Å². The summed E-state index contributed by atoms with van der Waals surface area (Å²) < 4.78 is 1.85. The van der Waals surface area contributed by atoms with Crippen molar-refractivity contribution in [3.8, 4) is 0 Å². The van der Waals surface area contributed by atoms with Crippen LogP contribution in [0.2, 0.25) is 0 Å². The van der Waals surface area contributed by atoms with Crippen LogP contribution >= 0.6 is 38.5 Å². The Balaban J connectivity index is 2.15. The Morgan fingerprint density at radius 3 is 2.67 bits per heavy atom. The van der Waals surface area contributed by atoms with Gasteiger partial charge in [-0.2, -0.15) is 0 Å². The van der Waals surface area contributed by atoms with E-state index >= 15 is 0 Å². The van der Waals surface area contributed by atoms with Crippen molar-refractivity contribution < 1.29 is 10.0 Å². The fraction of sp³-hybridized carbons (Fsp3) is 0.333. The summed E-state index contributed by atoms with van der Waals surface area (Å²) in [5.41, 5.74) is 1.45. The van der Waals surface area contributed by atoms with E-state index in [1.807, 2.05) is 18.2 Å². The first-order chi connectivity index (χ1) is 8.61. The summed E-state index contributed by atoms with van der Waals surface area (Å²) in [7, 11) is 0. The number of hydrogen-bond acceptors (Lipinski definition) is 3. The predicted molar refractivity (Wildman–Crippen MR) is 81.2 cm³/mol. The van der Waals surface area contributed by atoms with E-state index in [9.17, 15) is 4.79 Å². The van der Waals surface area contributed by atoms with Gasteiger partial charge in [0, 0.05) is 34.0 Å². The molecule has 0 spiro atoms. The molecule has 0 saturated carbocycles. The molecule has 0 unspecified atom stereocenters. The maximum Gasteiger partial charge on any atom is 0.255 e. The third kappa shape index (κ3) is 3.03. The highest BCUT2D eigenvalue weighted by molar-refractivity contribution is 14.1. The number of likely N-dealkylation sites (tertiary alicyclic amines) is 1. The summed E-state index contributed by atoms with van der Waals surface area (Å²) in [6.45, 7) is 1.21. The molecular formula is C12H12BrIN2O2. The van der Waals surface area contributed by atoms with Gasteiger partial charge in [-0.25, -0.2) is 0 Å². The lowest BCUT2D eigenvalue weighted by Gasteiger charge is -2.27. The van der Waals surface area contributed by atoms with Gasteiger partial charge in [0.25, 0.3) is 5.91 Å². The fourth-order valence-electron chi connectivity index (χ4n) is 1.90. The second-order valence-electron chi connectivity index (χ2n) is 4.08. The topological polar surface area (TPSA) is 52.9 Å². The minimum absolute atomic E-state index is 0.0254.